The van der Waals surface area contributed by atoms with Gasteiger partial charge >= 0.3 is 0 Å². The molecule has 0 aliphatic heterocycles. The molecule has 23 heavy (non-hydrogen) atoms. The average molecular weight is 320 g/mol. The second-order valence-electron chi connectivity index (χ2n) is 6.32. The van der Waals surface area contributed by atoms with Crippen LogP contribution in [0.1, 0.15) is 52.0 Å². The molecule has 1 heterocycles. The number of nitrogens with zero attached hydrogens (tertiary/aromatic N) is 1. The molecule has 0 saturated heterocycles. The Morgan fingerprint density at radius 2 is 2.17 bits per heavy atom. The van der Waals surface area contributed by atoms with Gasteiger partial charge in [0.2, 0.25) is 5.88 Å². The van der Waals surface area contributed by atoms with Crippen molar-refractivity contribution in [2.75, 3.05) is 18.5 Å². The first-order chi connectivity index (χ1) is 11.0. The Morgan fingerprint density at radius 1 is 1.43 bits per heavy atom. The van der Waals surface area contributed by atoms with E-state index in [1.165, 1.54) is 0 Å². The number of hydrogen-bond donors (Lipinski definition) is 1. The van der Waals surface area contributed by atoms with Gasteiger partial charge < -0.3 is 14.8 Å². The van der Waals surface area contributed by atoms with E-state index in [0.717, 1.165) is 31.2 Å². The Labute approximate surface area is 138 Å². The highest BCUT2D eigenvalue weighted by molar-refractivity contribution is 5.97. The van der Waals surface area contributed by atoms with Gasteiger partial charge in [0.25, 0.3) is 5.91 Å². The molecule has 0 bridgehead atoms. The summed E-state index contributed by atoms with van der Waals surface area (Å²) in [6, 6.07) is 1.89. The van der Waals surface area contributed by atoms with Crippen LogP contribution in [0.5, 0.6) is 5.88 Å². The number of carbonyl (C=O) groups is 1. The van der Waals surface area contributed by atoms with E-state index in [0.29, 0.717) is 30.7 Å². The fourth-order valence-electron chi connectivity index (χ4n) is 2.65. The van der Waals surface area contributed by atoms with Crippen LogP contribution in [0, 0.1) is 12.8 Å². The molecule has 1 N–H and O–H groups in total. The predicted octanol–water partition coefficient (Wildman–Crippen LogP) is 3.71. The number of aromatic nitrogens is 1. The molecular formula is C18H28N2O3. The zero-order chi connectivity index (χ0) is 16.9. The highest BCUT2D eigenvalue weighted by Crippen LogP contribution is 2.42. The molecule has 0 aromatic carbocycles. The lowest BCUT2D eigenvalue weighted by Gasteiger charge is -2.28. The second kappa shape index (κ2) is 7.77. The van der Waals surface area contributed by atoms with Crippen molar-refractivity contribution >= 4 is 11.6 Å². The number of aryl methyl sites for hydroxylation is 1. The van der Waals surface area contributed by atoms with Crippen LogP contribution in [0.3, 0.4) is 0 Å². The average Bonchev–Trinajstić information content (AvgIpc) is 3.35. The Hall–Kier alpha value is -1.62. The van der Waals surface area contributed by atoms with E-state index in [9.17, 15) is 4.79 Å². The van der Waals surface area contributed by atoms with E-state index in [1.54, 1.807) is 6.20 Å². The van der Waals surface area contributed by atoms with Gasteiger partial charge in [0, 0.05) is 12.2 Å². The van der Waals surface area contributed by atoms with Crippen molar-refractivity contribution in [3.8, 4) is 5.88 Å². The van der Waals surface area contributed by atoms with Crippen LogP contribution in [0.2, 0.25) is 0 Å². The number of carbonyl (C=O) groups excluding carboxylic acids is 1. The first-order valence-corrected chi connectivity index (χ1v) is 8.56. The van der Waals surface area contributed by atoms with Crippen molar-refractivity contribution in [2.45, 2.75) is 59.0 Å². The number of ether oxygens (including phenoxy) is 2. The summed E-state index contributed by atoms with van der Waals surface area (Å²) in [6.45, 7) is 9.06. The largest absolute Gasteiger partial charge is 0.477 e. The van der Waals surface area contributed by atoms with E-state index < -0.39 is 5.60 Å². The zero-order valence-corrected chi connectivity index (χ0v) is 14.6. The third kappa shape index (κ3) is 4.44. The SMILES string of the molecule is CCCCOc1ncc(NC(=O)C(C)(OCC)C2CC2)cc1C. The summed E-state index contributed by atoms with van der Waals surface area (Å²) in [5.41, 5.74) is 0.851. The summed E-state index contributed by atoms with van der Waals surface area (Å²) in [6.07, 6.45) is 5.83. The van der Waals surface area contributed by atoms with Crippen LogP contribution in [-0.2, 0) is 9.53 Å². The highest BCUT2D eigenvalue weighted by Gasteiger charge is 2.48. The van der Waals surface area contributed by atoms with Crippen LogP contribution in [0.15, 0.2) is 12.3 Å². The lowest BCUT2D eigenvalue weighted by atomic mass is 9.99. The lowest BCUT2D eigenvalue weighted by molar-refractivity contribution is -0.141. The second-order valence-corrected chi connectivity index (χ2v) is 6.32. The van der Waals surface area contributed by atoms with Crippen LogP contribution < -0.4 is 10.1 Å². The van der Waals surface area contributed by atoms with Crippen molar-refractivity contribution in [1.82, 2.24) is 4.98 Å². The normalized spacial score (nSPS) is 16.7. The molecule has 1 aromatic heterocycles. The molecule has 1 amide bonds. The number of rotatable bonds is 9. The van der Waals surface area contributed by atoms with Crippen molar-refractivity contribution in [1.29, 1.82) is 0 Å². The number of amides is 1. The molecule has 1 aliphatic rings. The van der Waals surface area contributed by atoms with Gasteiger partial charge in [-0.3, -0.25) is 4.79 Å². The van der Waals surface area contributed by atoms with E-state index in [-0.39, 0.29) is 5.91 Å². The van der Waals surface area contributed by atoms with Crippen molar-refractivity contribution in [3.05, 3.63) is 17.8 Å². The summed E-state index contributed by atoms with van der Waals surface area (Å²) in [5, 5.41) is 2.94. The van der Waals surface area contributed by atoms with Crippen LogP contribution in [-0.4, -0.2) is 29.7 Å². The Kier molecular flexibility index (Phi) is 5.99. The molecule has 0 radical (unpaired) electrons. The maximum atomic E-state index is 12.6. The predicted molar refractivity (Wildman–Crippen MR) is 90.8 cm³/mol. The van der Waals surface area contributed by atoms with Crippen LogP contribution in [0.4, 0.5) is 5.69 Å². The molecule has 5 heteroatoms. The summed E-state index contributed by atoms with van der Waals surface area (Å²) in [4.78, 5) is 16.9. The quantitative estimate of drug-likeness (QED) is 0.705. The highest BCUT2D eigenvalue weighted by atomic mass is 16.5. The van der Waals surface area contributed by atoms with E-state index >= 15 is 0 Å². The third-order valence-electron chi connectivity index (χ3n) is 4.28. The topological polar surface area (TPSA) is 60.5 Å². The molecule has 1 unspecified atom stereocenters. The molecule has 1 saturated carbocycles. The van der Waals surface area contributed by atoms with E-state index in [4.69, 9.17) is 9.47 Å². The number of anilines is 1. The van der Waals surface area contributed by atoms with Gasteiger partial charge in [-0.05, 0) is 52.0 Å². The third-order valence-corrected chi connectivity index (χ3v) is 4.28. The molecule has 128 valence electrons. The van der Waals surface area contributed by atoms with Crippen LogP contribution >= 0.6 is 0 Å². The van der Waals surface area contributed by atoms with Gasteiger partial charge in [-0.2, -0.15) is 0 Å². The minimum Gasteiger partial charge on any atom is -0.477 e. The molecular weight excluding hydrogens is 292 g/mol. The smallest absolute Gasteiger partial charge is 0.256 e. The molecule has 1 aliphatic carbocycles. The fourth-order valence-corrected chi connectivity index (χ4v) is 2.65. The number of nitrogens with one attached hydrogen (secondary N) is 1. The van der Waals surface area contributed by atoms with Crippen LogP contribution in [0.25, 0.3) is 0 Å². The summed E-state index contributed by atoms with van der Waals surface area (Å²) >= 11 is 0. The first-order valence-electron chi connectivity index (χ1n) is 8.56. The van der Waals surface area contributed by atoms with Crippen molar-refractivity contribution in [3.63, 3.8) is 0 Å². The number of unbranched alkanes of at least 4 members (excludes halogenated alkanes) is 1. The Morgan fingerprint density at radius 3 is 2.74 bits per heavy atom. The summed E-state index contributed by atoms with van der Waals surface area (Å²) in [5.74, 6) is 0.849. The zero-order valence-electron chi connectivity index (χ0n) is 14.6. The molecule has 1 fully saturated rings. The van der Waals surface area contributed by atoms with Gasteiger partial charge in [0.05, 0.1) is 18.5 Å². The Balaban J connectivity index is 2.01. The summed E-state index contributed by atoms with van der Waals surface area (Å²) < 4.78 is 11.4. The van der Waals surface area contributed by atoms with Crippen molar-refractivity contribution in [2.24, 2.45) is 5.92 Å². The van der Waals surface area contributed by atoms with E-state index in [1.807, 2.05) is 26.8 Å². The maximum absolute atomic E-state index is 12.6. The first kappa shape index (κ1) is 17.7. The van der Waals surface area contributed by atoms with Gasteiger partial charge in [0.15, 0.2) is 0 Å². The van der Waals surface area contributed by atoms with Gasteiger partial charge in [-0.15, -0.1) is 0 Å². The molecule has 1 aromatic rings. The maximum Gasteiger partial charge on any atom is 0.256 e. The minimum absolute atomic E-state index is 0.0947. The Bertz CT molecular complexity index is 543. The lowest BCUT2D eigenvalue weighted by Crippen LogP contribution is -2.44. The van der Waals surface area contributed by atoms with E-state index in [2.05, 4.69) is 17.2 Å². The summed E-state index contributed by atoms with van der Waals surface area (Å²) in [7, 11) is 0. The standard InChI is InChI=1S/C18H28N2O3/c1-5-7-10-22-16-13(3)11-15(12-19-16)20-17(21)18(4,23-6-2)14-8-9-14/h11-12,14H,5-10H2,1-4H3,(H,20,21). The minimum atomic E-state index is -0.751. The monoisotopic (exact) mass is 320 g/mol. The van der Waals surface area contributed by atoms with Gasteiger partial charge in [-0.25, -0.2) is 4.98 Å². The van der Waals surface area contributed by atoms with Gasteiger partial charge in [-0.1, -0.05) is 13.3 Å². The molecule has 2 rings (SSSR count). The van der Waals surface area contributed by atoms with Gasteiger partial charge in [0.1, 0.15) is 5.60 Å². The number of pyridine rings is 1. The molecule has 5 nitrogen and oxygen atoms in total. The fraction of sp³-hybridized carbons (Fsp3) is 0.667. The van der Waals surface area contributed by atoms with Crippen molar-refractivity contribution < 1.29 is 14.3 Å². The molecule has 1 atom stereocenters. The molecule has 0 spiro atoms. The number of hydrogen-bond acceptors (Lipinski definition) is 4.